The highest BCUT2D eigenvalue weighted by atomic mass is 28.3. The van der Waals surface area contributed by atoms with Crippen LogP contribution in [0.3, 0.4) is 0 Å². The average Bonchev–Trinajstić information content (AvgIpc) is 2.85. The molecule has 32 heavy (non-hydrogen) atoms. The molecule has 0 bridgehead atoms. The van der Waals surface area contributed by atoms with Crippen LogP contribution in [-0.4, -0.2) is 8.80 Å². The maximum absolute atomic E-state index is 13.1. The first-order valence-electron chi connectivity index (χ1n) is 13.4. The summed E-state index contributed by atoms with van der Waals surface area (Å²) in [6, 6.07) is 20.6. The summed E-state index contributed by atoms with van der Waals surface area (Å²) >= 11 is 0. The number of aryl methyl sites for hydroxylation is 1. The summed E-state index contributed by atoms with van der Waals surface area (Å²) in [5.74, 6) is 2.87. The number of unbranched alkanes of at least 4 members (excludes halogenated alkanes) is 2. The molecule has 0 aromatic heterocycles. The summed E-state index contributed by atoms with van der Waals surface area (Å²) in [6.45, 7) is 2.33. The van der Waals surface area contributed by atoms with Crippen LogP contribution in [0.1, 0.15) is 76.7 Å². The van der Waals surface area contributed by atoms with Crippen LogP contribution < -0.4 is 0 Å². The van der Waals surface area contributed by atoms with E-state index in [1.807, 2.05) is 12.1 Å². The molecule has 1 aliphatic carbocycles. The van der Waals surface area contributed by atoms with E-state index in [-0.39, 0.29) is 14.6 Å². The molecule has 2 aliphatic rings. The Morgan fingerprint density at radius 3 is 1.97 bits per heavy atom. The highest BCUT2D eigenvalue weighted by Gasteiger charge is 2.31. The second-order valence-electron chi connectivity index (χ2n) is 10.6. The van der Waals surface area contributed by atoms with Crippen LogP contribution in [0.2, 0.25) is 18.1 Å². The maximum Gasteiger partial charge on any atom is 0.123 e. The van der Waals surface area contributed by atoms with Crippen LogP contribution in [0.4, 0.5) is 4.39 Å². The van der Waals surface area contributed by atoms with E-state index in [2.05, 4.69) is 31.2 Å². The Morgan fingerprint density at radius 2 is 1.34 bits per heavy atom. The minimum Gasteiger partial charge on any atom is -0.207 e. The Morgan fingerprint density at radius 1 is 0.750 bits per heavy atom. The van der Waals surface area contributed by atoms with Gasteiger partial charge < -0.3 is 0 Å². The van der Waals surface area contributed by atoms with Gasteiger partial charge in [0.15, 0.2) is 0 Å². The van der Waals surface area contributed by atoms with Crippen molar-refractivity contribution in [3.63, 3.8) is 0 Å². The van der Waals surface area contributed by atoms with Gasteiger partial charge in [-0.2, -0.15) is 0 Å². The topological polar surface area (TPSA) is 0 Å². The Hall–Kier alpha value is -1.41. The van der Waals surface area contributed by atoms with Gasteiger partial charge in [0.1, 0.15) is 5.82 Å². The van der Waals surface area contributed by atoms with Crippen LogP contribution in [0.25, 0.3) is 11.1 Å². The monoisotopic (exact) mass is 449 g/mol. The van der Waals surface area contributed by atoms with Crippen molar-refractivity contribution in [2.75, 3.05) is 0 Å². The molecule has 0 N–H and O–H groups in total. The van der Waals surface area contributed by atoms with Crippen molar-refractivity contribution in [3.05, 3.63) is 59.9 Å². The van der Waals surface area contributed by atoms with Gasteiger partial charge in [-0.25, -0.2) is 4.39 Å². The van der Waals surface area contributed by atoms with E-state index in [0.717, 1.165) is 23.3 Å². The molecule has 173 valence electrons. The molecule has 0 unspecified atom stereocenters. The fourth-order valence-electron chi connectivity index (χ4n) is 6.22. The van der Waals surface area contributed by atoms with Gasteiger partial charge in [-0.15, -0.1) is 0 Å². The molecule has 1 saturated carbocycles. The standard InChI is InChI=1S/C30H42FSi/c1-2-3-4-21-32-22-19-29(20-23-32)27-13-9-25(10-14-27)6-5-24-7-11-26(12-8-24)28-15-17-30(31)18-16-28/h7-8,11-12,15-18,25,27,29H,2-6,9-10,13-14,19-23H2,1H3. The lowest BCUT2D eigenvalue weighted by molar-refractivity contribution is 0.186. The third-order valence-electron chi connectivity index (χ3n) is 8.40. The van der Waals surface area contributed by atoms with Crippen LogP contribution in [0.15, 0.2) is 48.5 Å². The number of hydrogen-bond acceptors (Lipinski definition) is 0. The van der Waals surface area contributed by atoms with E-state index in [9.17, 15) is 4.39 Å². The van der Waals surface area contributed by atoms with Gasteiger partial charge in [-0.1, -0.05) is 106 Å². The van der Waals surface area contributed by atoms with Crippen molar-refractivity contribution >= 4 is 8.80 Å². The van der Waals surface area contributed by atoms with Crippen molar-refractivity contribution in [1.29, 1.82) is 0 Å². The van der Waals surface area contributed by atoms with Crippen molar-refractivity contribution in [2.24, 2.45) is 17.8 Å². The lowest BCUT2D eigenvalue weighted by Crippen LogP contribution is -2.28. The number of halogens is 1. The van der Waals surface area contributed by atoms with E-state index >= 15 is 0 Å². The summed E-state index contributed by atoms with van der Waals surface area (Å²) in [4.78, 5) is 0. The molecule has 1 saturated heterocycles. The molecule has 1 radical (unpaired) electrons. The molecule has 1 aliphatic heterocycles. The molecule has 0 nitrogen and oxygen atoms in total. The molecule has 4 rings (SSSR count). The molecular weight excluding hydrogens is 407 g/mol. The average molecular weight is 450 g/mol. The maximum atomic E-state index is 13.1. The van der Waals surface area contributed by atoms with E-state index in [0.29, 0.717) is 0 Å². The first-order valence-corrected chi connectivity index (χ1v) is 15.5. The largest absolute Gasteiger partial charge is 0.207 e. The summed E-state index contributed by atoms with van der Waals surface area (Å²) in [5.41, 5.74) is 3.72. The van der Waals surface area contributed by atoms with Crippen molar-refractivity contribution in [2.45, 2.75) is 95.7 Å². The Balaban J connectivity index is 1.15. The zero-order valence-corrected chi connectivity index (χ0v) is 21.1. The van der Waals surface area contributed by atoms with Gasteiger partial charge >= 0.3 is 0 Å². The third-order valence-corrected chi connectivity index (χ3v) is 11.5. The van der Waals surface area contributed by atoms with Crippen molar-refractivity contribution < 1.29 is 4.39 Å². The van der Waals surface area contributed by atoms with E-state index in [1.165, 1.54) is 68.9 Å². The lowest BCUT2D eigenvalue weighted by atomic mass is 9.73. The van der Waals surface area contributed by atoms with E-state index in [4.69, 9.17) is 0 Å². The minimum atomic E-state index is -0.170. The van der Waals surface area contributed by atoms with Gasteiger partial charge in [-0.05, 0) is 72.3 Å². The summed E-state index contributed by atoms with van der Waals surface area (Å²) in [7, 11) is 0.0205. The summed E-state index contributed by atoms with van der Waals surface area (Å²) < 4.78 is 13.1. The van der Waals surface area contributed by atoms with Crippen LogP contribution >= 0.6 is 0 Å². The molecule has 0 atom stereocenters. The second-order valence-corrected chi connectivity index (χ2v) is 13.6. The number of rotatable bonds is 9. The van der Waals surface area contributed by atoms with Gasteiger partial charge in [0, 0.05) is 8.80 Å². The third kappa shape index (κ3) is 6.79. The van der Waals surface area contributed by atoms with Gasteiger partial charge in [-0.3, -0.25) is 0 Å². The lowest BCUT2D eigenvalue weighted by Gasteiger charge is -2.37. The predicted molar refractivity (Wildman–Crippen MR) is 138 cm³/mol. The van der Waals surface area contributed by atoms with E-state index < -0.39 is 0 Å². The normalized spacial score (nSPS) is 22.8. The molecule has 1 heterocycles. The highest BCUT2D eigenvalue weighted by molar-refractivity contribution is 6.58. The summed E-state index contributed by atoms with van der Waals surface area (Å²) in [6.07, 6.45) is 15.9. The first kappa shape index (κ1) is 23.7. The van der Waals surface area contributed by atoms with Crippen molar-refractivity contribution in [1.82, 2.24) is 0 Å². The summed E-state index contributed by atoms with van der Waals surface area (Å²) in [5, 5.41) is 0. The zero-order valence-electron chi connectivity index (χ0n) is 20.1. The molecule has 2 aromatic rings. The van der Waals surface area contributed by atoms with Gasteiger partial charge in [0.2, 0.25) is 0 Å². The molecule has 0 amide bonds. The highest BCUT2D eigenvalue weighted by Crippen LogP contribution is 2.42. The van der Waals surface area contributed by atoms with Gasteiger partial charge in [0.05, 0.1) is 0 Å². The molecule has 2 heteroatoms. The molecule has 2 fully saturated rings. The van der Waals surface area contributed by atoms with Crippen LogP contribution in [-0.2, 0) is 6.42 Å². The SMILES string of the molecule is CCCCC[Si]1CCC(C2CCC(CCc3ccc(-c4ccc(F)cc4)cc3)CC2)CC1. The quantitative estimate of drug-likeness (QED) is 0.264. The Kier molecular flexibility index (Phi) is 9.02. The first-order chi connectivity index (χ1) is 15.7. The fourth-order valence-corrected chi connectivity index (χ4v) is 9.28. The van der Waals surface area contributed by atoms with Crippen LogP contribution in [0, 0.1) is 23.6 Å². The Bertz CT molecular complexity index is 781. The molecule has 2 aromatic carbocycles. The fraction of sp³-hybridized carbons (Fsp3) is 0.600. The smallest absolute Gasteiger partial charge is 0.123 e. The van der Waals surface area contributed by atoms with E-state index in [1.54, 1.807) is 43.1 Å². The minimum absolute atomic E-state index is 0.0205. The Labute approximate surface area is 197 Å². The molecule has 0 spiro atoms. The van der Waals surface area contributed by atoms with Gasteiger partial charge in [0.25, 0.3) is 0 Å². The number of hydrogen-bond donors (Lipinski definition) is 0. The second kappa shape index (κ2) is 12.2. The number of benzene rings is 2. The zero-order chi connectivity index (χ0) is 22.2. The molecular formula is C30H42FSi. The predicted octanol–water partition coefficient (Wildman–Crippen LogP) is 9.33. The van der Waals surface area contributed by atoms with Crippen molar-refractivity contribution in [3.8, 4) is 11.1 Å². The van der Waals surface area contributed by atoms with Crippen LogP contribution in [0.5, 0.6) is 0 Å².